The molecule has 1 aromatic rings. The minimum absolute atomic E-state index is 0.573. The van der Waals surface area contributed by atoms with Crippen LogP contribution < -0.4 is 0 Å². The van der Waals surface area contributed by atoms with Crippen molar-refractivity contribution in [2.45, 2.75) is 19.3 Å². The van der Waals surface area contributed by atoms with Crippen LogP contribution in [0.4, 0.5) is 0 Å². The van der Waals surface area contributed by atoms with Gasteiger partial charge in [0.2, 0.25) is 0 Å². The first-order valence-corrected chi connectivity index (χ1v) is 6.71. The molecule has 0 atom stereocenters. The van der Waals surface area contributed by atoms with Gasteiger partial charge in [0.1, 0.15) is 0 Å². The van der Waals surface area contributed by atoms with E-state index in [9.17, 15) is 0 Å². The number of aromatic nitrogens is 1. The summed E-state index contributed by atoms with van der Waals surface area (Å²) in [6.07, 6.45) is 7.70. The zero-order valence-corrected chi connectivity index (χ0v) is 12.4. The quantitative estimate of drug-likeness (QED) is 0.837. The monoisotopic (exact) mass is 299 g/mol. The van der Waals surface area contributed by atoms with Crippen molar-refractivity contribution in [2.75, 3.05) is 14.2 Å². The molecule has 0 saturated carbocycles. The molecular formula is C14H15Cl2NO2. The topological polar surface area (TPSA) is 31.4 Å². The summed E-state index contributed by atoms with van der Waals surface area (Å²) in [6, 6.07) is 0. The molecule has 5 heteroatoms. The van der Waals surface area contributed by atoms with Crippen molar-refractivity contribution in [3.8, 4) is 0 Å². The lowest BCUT2D eigenvalue weighted by Crippen LogP contribution is -2.08. The highest BCUT2D eigenvalue weighted by Crippen LogP contribution is 2.32. The van der Waals surface area contributed by atoms with Crippen LogP contribution in [0, 0.1) is 0 Å². The fourth-order valence-corrected chi connectivity index (χ4v) is 2.67. The number of halogens is 2. The second-order valence-corrected chi connectivity index (χ2v) is 5.02. The first-order chi connectivity index (χ1) is 9.17. The lowest BCUT2D eigenvalue weighted by atomic mass is 9.96. The van der Waals surface area contributed by atoms with Crippen LogP contribution in [-0.4, -0.2) is 19.2 Å². The molecule has 0 aliphatic heterocycles. The summed E-state index contributed by atoms with van der Waals surface area (Å²) >= 11 is 12.3. The molecule has 0 aromatic carbocycles. The maximum absolute atomic E-state index is 6.15. The molecular weight excluding hydrogens is 285 g/mol. The molecule has 1 heterocycles. The minimum Gasteiger partial charge on any atom is -0.493 e. The van der Waals surface area contributed by atoms with Crippen LogP contribution in [0.5, 0.6) is 0 Å². The highest BCUT2D eigenvalue weighted by molar-refractivity contribution is 6.35. The fourth-order valence-electron chi connectivity index (χ4n) is 2.17. The van der Waals surface area contributed by atoms with Crippen molar-refractivity contribution in [3.05, 3.63) is 51.2 Å². The highest BCUT2D eigenvalue weighted by Gasteiger charge is 2.19. The average molecular weight is 300 g/mol. The van der Waals surface area contributed by atoms with E-state index in [2.05, 4.69) is 4.98 Å². The van der Waals surface area contributed by atoms with Gasteiger partial charge in [0.25, 0.3) is 0 Å². The number of hydrogen-bond acceptors (Lipinski definition) is 3. The first-order valence-electron chi connectivity index (χ1n) is 5.95. The Kier molecular flexibility index (Phi) is 4.72. The van der Waals surface area contributed by atoms with Crippen molar-refractivity contribution in [3.63, 3.8) is 0 Å². The third-order valence-corrected chi connectivity index (χ3v) is 3.74. The summed E-state index contributed by atoms with van der Waals surface area (Å²) in [5, 5.41) is 1.15. The molecule has 0 bridgehead atoms. The van der Waals surface area contributed by atoms with E-state index in [1.54, 1.807) is 26.6 Å². The number of pyridine rings is 1. The Balaban J connectivity index is 2.36. The number of rotatable bonds is 4. The van der Waals surface area contributed by atoms with Gasteiger partial charge in [-0.05, 0) is 30.1 Å². The van der Waals surface area contributed by atoms with Gasteiger partial charge in [-0.2, -0.15) is 0 Å². The van der Waals surface area contributed by atoms with E-state index in [1.165, 1.54) is 0 Å². The standard InChI is InChI=1S/C14H15Cl2NO2/c1-18-13-5-3-4-9(14(13)19-2)6-10-11(15)7-17-8-12(10)16/h5,7-8H,3-4,6H2,1-2H3. The summed E-state index contributed by atoms with van der Waals surface area (Å²) in [6.45, 7) is 0. The summed E-state index contributed by atoms with van der Waals surface area (Å²) in [7, 11) is 3.28. The molecule has 0 spiro atoms. The Morgan fingerprint density at radius 2 is 1.84 bits per heavy atom. The Morgan fingerprint density at radius 1 is 1.16 bits per heavy atom. The smallest absolute Gasteiger partial charge is 0.159 e. The largest absolute Gasteiger partial charge is 0.493 e. The lowest BCUT2D eigenvalue weighted by molar-refractivity contribution is 0.211. The van der Waals surface area contributed by atoms with Crippen LogP contribution in [0.2, 0.25) is 10.0 Å². The zero-order valence-electron chi connectivity index (χ0n) is 10.9. The van der Waals surface area contributed by atoms with E-state index in [1.807, 2.05) is 6.08 Å². The third kappa shape index (κ3) is 3.04. The van der Waals surface area contributed by atoms with Gasteiger partial charge in [-0.15, -0.1) is 0 Å². The minimum atomic E-state index is 0.573. The Morgan fingerprint density at radius 3 is 2.42 bits per heavy atom. The van der Waals surface area contributed by atoms with E-state index in [0.29, 0.717) is 16.5 Å². The van der Waals surface area contributed by atoms with Crippen LogP contribution in [0.3, 0.4) is 0 Å². The van der Waals surface area contributed by atoms with Crippen LogP contribution in [0.25, 0.3) is 0 Å². The van der Waals surface area contributed by atoms with Crippen LogP contribution in [0.15, 0.2) is 35.6 Å². The van der Waals surface area contributed by atoms with Crippen molar-refractivity contribution in [2.24, 2.45) is 0 Å². The van der Waals surface area contributed by atoms with Gasteiger partial charge in [0.05, 0.1) is 24.3 Å². The zero-order chi connectivity index (χ0) is 13.8. The van der Waals surface area contributed by atoms with Gasteiger partial charge in [-0.1, -0.05) is 23.2 Å². The van der Waals surface area contributed by atoms with E-state index >= 15 is 0 Å². The maximum Gasteiger partial charge on any atom is 0.159 e. The van der Waals surface area contributed by atoms with E-state index in [0.717, 1.165) is 35.5 Å². The predicted octanol–water partition coefficient (Wildman–Crippen LogP) is 4.16. The fraction of sp³-hybridized carbons (Fsp3) is 0.357. The number of methoxy groups -OCH3 is 2. The van der Waals surface area contributed by atoms with Gasteiger partial charge in [-0.25, -0.2) is 0 Å². The second-order valence-electron chi connectivity index (χ2n) is 4.21. The van der Waals surface area contributed by atoms with Crippen LogP contribution in [0.1, 0.15) is 18.4 Å². The Labute approximate surface area is 122 Å². The summed E-state index contributed by atoms with van der Waals surface area (Å²) in [5.74, 6) is 1.54. The SMILES string of the molecule is COC1=CCCC(Cc2c(Cl)cncc2Cl)=C1OC. The molecule has 1 aromatic heterocycles. The molecule has 19 heavy (non-hydrogen) atoms. The predicted molar refractivity (Wildman–Crippen MR) is 76.3 cm³/mol. The molecule has 0 saturated heterocycles. The molecule has 1 aliphatic rings. The maximum atomic E-state index is 6.15. The summed E-state index contributed by atoms with van der Waals surface area (Å²) in [5.41, 5.74) is 2.01. The Hall–Kier alpha value is -1.19. The van der Waals surface area contributed by atoms with E-state index < -0.39 is 0 Å². The van der Waals surface area contributed by atoms with E-state index in [-0.39, 0.29) is 0 Å². The molecule has 0 amide bonds. The van der Waals surface area contributed by atoms with Crippen molar-refractivity contribution < 1.29 is 9.47 Å². The Bertz CT molecular complexity index is 518. The van der Waals surface area contributed by atoms with Gasteiger partial charge in [0, 0.05) is 18.8 Å². The van der Waals surface area contributed by atoms with Gasteiger partial charge in [0.15, 0.2) is 11.5 Å². The molecule has 102 valence electrons. The van der Waals surface area contributed by atoms with Crippen LogP contribution >= 0.6 is 23.2 Å². The normalized spacial score (nSPS) is 15.3. The molecule has 0 radical (unpaired) electrons. The van der Waals surface area contributed by atoms with Crippen LogP contribution in [-0.2, 0) is 15.9 Å². The average Bonchev–Trinajstić information content (AvgIpc) is 2.42. The lowest BCUT2D eigenvalue weighted by Gasteiger charge is -2.20. The molecule has 2 rings (SSSR count). The second kappa shape index (κ2) is 6.31. The molecule has 0 N–H and O–H groups in total. The summed E-state index contributed by atoms with van der Waals surface area (Å²) < 4.78 is 10.8. The number of allylic oxidation sites excluding steroid dienone is 2. The van der Waals surface area contributed by atoms with Gasteiger partial charge >= 0.3 is 0 Å². The number of nitrogens with zero attached hydrogens (tertiary/aromatic N) is 1. The highest BCUT2D eigenvalue weighted by atomic mass is 35.5. The summed E-state index contributed by atoms with van der Waals surface area (Å²) in [4.78, 5) is 3.96. The van der Waals surface area contributed by atoms with Gasteiger partial charge < -0.3 is 9.47 Å². The van der Waals surface area contributed by atoms with Crippen molar-refractivity contribution in [1.82, 2.24) is 4.98 Å². The number of ether oxygens (including phenoxy) is 2. The third-order valence-electron chi connectivity index (χ3n) is 3.09. The molecule has 1 aliphatic carbocycles. The molecule has 0 unspecified atom stereocenters. The molecule has 0 fully saturated rings. The van der Waals surface area contributed by atoms with Gasteiger partial charge in [-0.3, -0.25) is 4.98 Å². The van der Waals surface area contributed by atoms with E-state index in [4.69, 9.17) is 32.7 Å². The van der Waals surface area contributed by atoms with Crippen molar-refractivity contribution in [1.29, 1.82) is 0 Å². The van der Waals surface area contributed by atoms with Crippen molar-refractivity contribution >= 4 is 23.2 Å². The first kappa shape index (κ1) is 14.2. The number of hydrogen-bond donors (Lipinski definition) is 0. The molecule has 3 nitrogen and oxygen atoms in total.